The lowest BCUT2D eigenvalue weighted by atomic mass is 9.98. The average Bonchev–Trinajstić information content (AvgIpc) is 3.15. The molecule has 2 heterocycles. The van der Waals surface area contributed by atoms with Crippen molar-refractivity contribution in [3.63, 3.8) is 0 Å². The van der Waals surface area contributed by atoms with Crippen molar-refractivity contribution in [1.82, 2.24) is 15.5 Å². The number of piperidine rings is 1. The number of carbonyl (C=O) groups is 2. The first-order valence-corrected chi connectivity index (χ1v) is 8.87. The molecular weight excluding hydrogens is 278 g/mol. The summed E-state index contributed by atoms with van der Waals surface area (Å²) in [6.45, 7) is 1.82. The first kappa shape index (κ1) is 15.8. The van der Waals surface area contributed by atoms with E-state index in [0.717, 1.165) is 38.5 Å². The van der Waals surface area contributed by atoms with Crippen molar-refractivity contribution >= 4 is 11.8 Å². The van der Waals surface area contributed by atoms with Crippen molar-refractivity contribution in [3.8, 4) is 0 Å². The van der Waals surface area contributed by atoms with Gasteiger partial charge in [-0.1, -0.05) is 12.8 Å². The molecule has 2 bridgehead atoms. The Balaban J connectivity index is 1.52. The lowest BCUT2D eigenvalue weighted by Crippen LogP contribution is -2.53. The highest BCUT2D eigenvalue weighted by molar-refractivity contribution is 5.88. The van der Waals surface area contributed by atoms with Crippen molar-refractivity contribution in [1.29, 1.82) is 0 Å². The van der Waals surface area contributed by atoms with E-state index in [1.807, 2.05) is 18.9 Å². The zero-order chi connectivity index (χ0) is 15.7. The van der Waals surface area contributed by atoms with Gasteiger partial charge in [0.25, 0.3) is 0 Å². The summed E-state index contributed by atoms with van der Waals surface area (Å²) in [5, 5.41) is 6.54. The Morgan fingerprint density at radius 3 is 2.27 bits per heavy atom. The Hall–Kier alpha value is -1.10. The van der Waals surface area contributed by atoms with Gasteiger partial charge < -0.3 is 15.5 Å². The molecule has 3 unspecified atom stereocenters. The van der Waals surface area contributed by atoms with Gasteiger partial charge in [0.15, 0.2) is 0 Å². The third kappa shape index (κ3) is 3.29. The summed E-state index contributed by atoms with van der Waals surface area (Å²) in [5.74, 6) is 0.241. The lowest BCUT2D eigenvalue weighted by Gasteiger charge is -2.36. The van der Waals surface area contributed by atoms with Crippen LogP contribution in [0.5, 0.6) is 0 Å². The van der Waals surface area contributed by atoms with E-state index < -0.39 is 6.04 Å². The van der Waals surface area contributed by atoms with Crippen LogP contribution in [0.3, 0.4) is 0 Å². The molecule has 2 aliphatic heterocycles. The molecule has 1 saturated carbocycles. The topological polar surface area (TPSA) is 61.4 Å². The second kappa shape index (κ2) is 6.57. The molecule has 2 amide bonds. The summed E-state index contributed by atoms with van der Waals surface area (Å²) < 4.78 is 0. The summed E-state index contributed by atoms with van der Waals surface area (Å²) in [6, 6.07) is 1.05. The maximum absolute atomic E-state index is 12.6. The number of amides is 2. The molecule has 3 fully saturated rings. The molecule has 2 saturated heterocycles. The Bertz CT molecular complexity index is 422. The molecule has 0 aromatic heterocycles. The number of likely N-dealkylation sites (N-methyl/N-ethyl adjacent to an activating group) is 1. The van der Waals surface area contributed by atoms with Gasteiger partial charge in [0.2, 0.25) is 11.8 Å². The van der Waals surface area contributed by atoms with Gasteiger partial charge in [-0.05, 0) is 45.4 Å². The molecular formula is C17H29N3O2. The molecule has 5 nitrogen and oxygen atoms in total. The molecule has 3 rings (SSSR count). The quantitative estimate of drug-likeness (QED) is 0.826. The van der Waals surface area contributed by atoms with Crippen molar-refractivity contribution in [2.24, 2.45) is 5.92 Å². The van der Waals surface area contributed by atoms with Crippen LogP contribution in [0.1, 0.15) is 58.3 Å². The molecule has 0 spiro atoms. The minimum absolute atomic E-state index is 0.0534. The van der Waals surface area contributed by atoms with Crippen LogP contribution in [0.25, 0.3) is 0 Å². The zero-order valence-electron chi connectivity index (χ0n) is 13.8. The molecule has 22 heavy (non-hydrogen) atoms. The van der Waals surface area contributed by atoms with E-state index >= 15 is 0 Å². The number of hydrogen-bond acceptors (Lipinski definition) is 3. The van der Waals surface area contributed by atoms with E-state index in [-0.39, 0.29) is 17.7 Å². The Morgan fingerprint density at radius 1 is 1.09 bits per heavy atom. The normalized spacial score (nSPS) is 32.7. The van der Waals surface area contributed by atoms with Gasteiger partial charge >= 0.3 is 0 Å². The van der Waals surface area contributed by atoms with Gasteiger partial charge in [-0.2, -0.15) is 0 Å². The van der Waals surface area contributed by atoms with Crippen LogP contribution in [0.15, 0.2) is 0 Å². The SMILES string of the molecule is CC(NC(=O)C1CCCC1)C(=O)N(C)C1CC2CCC(C1)N2. The second-order valence-electron chi connectivity index (χ2n) is 7.42. The largest absolute Gasteiger partial charge is 0.344 e. The number of fused-ring (bicyclic) bond motifs is 2. The molecule has 1 aliphatic carbocycles. The van der Waals surface area contributed by atoms with Crippen molar-refractivity contribution in [2.75, 3.05) is 7.05 Å². The predicted octanol–water partition coefficient (Wildman–Crippen LogP) is 1.42. The molecule has 124 valence electrons. The Labute approximate surface area is 133 Å². The Morgan fingerprint density at radius 2 is 1.68 bits per heavy atom. The summed E-state index contributed by atoms with van der Waals surface area (Å²) in [5.41, 5.74) is 0. The van der Waals surface area contributed by atoms with Gasteiger partial charge in [0, 0.05) is 31.1 Å². The van der Waals surface area contributed by atoms with E-state index in [9.17, 15) is 9.59 Å². The van der Waals surface area contributed by atoms with Gasteiger partial charge in [0.05, 0.1) is 0 Å². The maximum Gasteiger partial charge on any atom is 0.244 e. The highest BCUT2D eigenvalue weighted by Crippen LogP contribution is 2.29. The number of hydrogen-bond donors (Lipinski definition) is 2. The van der Waals surface area contributed by atoms with E-state index in [1.54, 1.807) is 0 Å². The van der Waals surface area contributed by atoms with Crippen molar-refractivity contribution < 1.29 is 9.59 Å². The monoisotopic (exact) mass is 307 g/mol. The van der Waals surface area contributed by atoms with Crippen LogP contribution in [0.4, 0.5) is 0 Å². The van der Waals surface area contributed by atoms with Crippen molar-refractivity contribution in [2.45, 2.75) is 82.5 Å². The van der Waals surface area contributed by atoms with Gasteiger partial charge in [0.1, 0.15) is 6.04 Å². The molecule has 3 atom stereocenters. The molecule has 2 N–H and O–H groups in total. The minimum Gasteiger partial charge on any atom is -0.344 e. The average molecular weight is 307 g/mol. The Kier molecular flexibility index (Phi) is 4.71. The molecule has 5 heteroatoms. The van der Waals surface area contributed by atoms with Crippen LogP contribution < -0.4 is 10.6 Å². The number of carbonyl (C=O) groups excluding carboxylic acids is 2. The molecule has 3 aliphatic rings. The van der Waals surface area contributed by atoms with E-state index in [1.165, 1.54) is 12.8 Å². The second-order valence-corrected chi connectivity index (χ2v) is 7.42. The first-order valence-electron chi connectivity index (χ1n) is 8.87. The minimum atomic E-state index is -0.411. The van der Waals surface area contributed by atoms with Crippen LogP contribution in [-0.4, -0.2) is 47.9 Å². The van der Waals surface area contributed by atoms with Gasteiger partial charge in [-0.3, -0.25) is 9.59 Å². The summed E-state index contributed by atoms with van der Waals surface area (Å²) in [7, 11) is 1.90. The van der Waals surface area contributed by atoms with E-state index in [4.69, 9.17) is 0 Å². The highest BCUT2D eigenvalue weighted by Gasteiger charge is 2.37. The maximum atomic E-state index is 12.6. The summed E-state index contributed by atoms with van der Waals surface area (Å²) in [6.07, 6.45) is 8.77. The molecule has 0 aromatic carbocycles. The highest BCUT2D eigenvalue weighted by atomic mass is 16.2. The third-order valence-electron chi connectivity index (χ3n) is 5.80. The molecule has 0 aromatic rings. The van der Waals surface area contributed by atoms with Gasteiger partial charge in [-0.15, -0.1) is 0 Å². The smallest absolute Gasteiger partial charge is 0.244 e. The van der Waals surface area contributed by atoms with E-state index in [2.05, 4.69) is 10.6 Å². The lowest BCUT2D eigenvalue weighted by molar-refractivity contribution is -0.138. The zero-order valence-corrected chi connectivity index (χ0v) is 13.8. The fourth-order valence-corrected chi connectivity index (χ4v) is 4.41. The summed E-state index contributed by atoms with van der Waals surface area (Å²) in [4.78, 5) is 26.7. The summed E-state index contributed by atoms with van der Waals surface area (Å²) >= 11 is 0. The van der Waals surface area contributed by atoms with Crippen LogP contribution in [0.2, 0.25) is 0 Å². The molecule has 0 radical (unpaired) electrons. The number of nitrogens with one attached hydrogen (secondary N) is 2. The number of rotatable bonds is 4. The third-order valence-corrected chi connectivity index (χ3v) is 5.80. The van der Waals surface area contributed by atoms with Gasteiger partial charge in [-0.25, -0.2) is 0 Å². The van der Waals surface area contributed by atoms with Crippen LogP contribution in [-0.2, 0) is 9.59 Å². The number of nitrogens with zero attached hydrogens (tertiary/aromatic N) is 1. The fourth-order valence-electron chi connectivity index (χ4n) is 4.41. The first-order chi connectivity index (χ1) is 10.5. The van der Waals surface area contributed by atoms with Crippen LogP contribution >= 0.6 is 0 Å². The van der Waals surface area contributed by atoms with Crippen molar-refractivity contribution in [3.05, 3.63) is 0 Å². The van der Waals surface area contributed by atoms with Crippen LogP contribution in [0, 0.1) is 5.92 Å². The predicted molar refractivity (Wildman–Crippen MR) is 85.3 cm³/mol. The standard InChI is InChI=1S/C17H29N3O2/c1-11(18-16(21)12-5-3-4-6-12)17(22)20(2)15-9-13-7-8-14(10-15)19-13/h11-15,19H,3-10H2,1-2H3,(H,18,21). The van der Waals surface area contributed by atoms with E-state index in [0.29, 0.717) is 18.1 Å². The fraction of sp³-hybridized carbons (Fsp3) is 0.882.